The molecule has 0 atom stereocenters. The SMILES string of the molecule is c1ccc(C(=C(c2ccccc2)c2ccc(-c3nn[nH]n3)cc2)c2ccccc2)cc1. The Labute approximate surface area is 180 Å². The Hall–Kier alpha value is -4.31. The topological polar surface area (TPSA) is 54.5 Å². The average molecular weight is 400 g/mol. The molecule has 0 spiro atoms. The zero-order chi connectivity index (χ0) is 20.9. The molecule has 4 aromatic carbocycles. The van der Waals surface area contributed by atoms with E-state index in [0.29, 0.717) is 5.82 Å². The highest BCUT2D eigenvalue weighted by Crippen LogP contribution is 2.37. The van der Waals surface area contributed by atoms with Gasteiger partial charge in [-0.15, -0.1) is 10.2 Å². The summed E-state index contributed by atoms with van der Waals surface area (Å²) in [5.74, 6) is 0.586. The Morgan fingerprint density at radius 1 is 0.484 bits per heavy atom. The first-order valence-corrected chi connectivity index (χ1v) is 10.1. The molecule has 0 saturated heterocycles. The van der Waals surface area contributed by atoms with E-state index in [-0.39, 0.29) is 0 Å². The number of aromatic amines is 1. The van der Waals surface area contributed by atoms with Gasteiger partial charge in [-0.3, -0.25) is 0 Å². The zero-order valence-corrected chi connectivity index (χ0v) is 16.8. The van der Waals surface area contributed by atoms with Crippen molar-refractivity contribution in [3.05, 3.63) is 138 Å². The first kappa shape index (κ1) is 18.7. The molecule has 0 unspecified atom stereocenters. The third-order valence-corrected chi connectivity index (χ3v) is 5.21. The molecule has 0 saturated carbocycles. The van der Waals surface area contributed by atoms with E-state index in [4.69, 9.17) is 0 Å². The van der Waals surface area contributed by atoms with Crippen LogP contribution in [0.1, 0.15) is 22.3 Å². The normalized spacial score (nSPS) is 10.6. The van der Waals surface area contributed by atoms with Gasteiger partial charge in [0.2, 0.25) is 5.82 Å². The van der Waals surface area contributed by atoms with Crippen LogP contribution < -0.4 is 0 Å². The smallest absolute Gasteiger partial charge is 0.177 e. The maximum atomic E-state index is 4.09. The maximum Gasteiger partial charge on any atom is 0.204 e. The van der Waals surface area contributed by atoms with Crippen LogP contribution in [0.2, 0.25) is 0 Å². The van der Waals surface area contributed by atoms with Gasteiger partial charge < -0.3 is 0 Å². The lowest BCUT2D eigenvalue weighted by Crippen LogP contribution is -1.97. The van der Waals surface area contributed by atoms with Crippen molar-refractivity contribution in [2.24, 2.45) is 0 Å². The Bertz CT molecular complexity index is 1230. The number of aromatic nitrogens is 4. The first-order chi connectivity index (χ1) is 15.4. The Kier molecular flexibility index (Phi) is 5.18. The summed E-state index contributed by atoms with van der Waals surface area (Å²) in [5.41, 5.74) is 7.94. The molecule has 4 heteroatoms. The molecule has 0 aliphatic rings. The van der Waals surface area contributed by atoms with Crippen LogP contribution in [0.25, 0.3) is 22.5 Å². The number of hydrogen-bond acceptors (Lipinski definition) is 3. The maximum absolute atomic E-state index is 4.09. The van der Waals surface area contributed by atoms with Gasteiger partial charge in [0.15, 0.2) is 0 Å². The highest BCUT2D eigenvalue weighted by molar-refractivity contribution is 6.04. The van der Waals surface area contributed by atoms with Gasteiger partial charge in [0, 0.05) is 5.56 Å². The minimum atomic E-state index is 0.586. The molecular weight excluding hydrogens is 380 g/mol. The number of hydrogen-bond donors (Lipinski definition) is 1. The standard InChI is InChI=1S/C27H20N4/c1-4-10-20(11-5-1)25(21-12-6-2-7-13-21)26(22-14-8-3-9-15-22)23-16-18-24(19-17-23)27-28-30-31-29-27/h1-19H,(H,28,29,30,31). The summed E-state index contributed by atoms with van der Waals surface area (Å²) in [6.07, 6.45) is 0. The van der Waals surface area contributed by atoms with Gasteiger partial charge in [0.05, 0.1) is 0 Å². The van der Waals surface area contributed by atoms with Crippen LogP contribution in [0.5, 0.6) is 0 Å². The summed E-state index contributed by atoms with van der Waals surface area (Å²) >= 11 is 0. The van der Waals surface area contributed by atoms with E-state index in [1.807, 2.05) is 30.3 Å². The molecule has 4 nitrogen and oxygen atoms in total. The van der Waals surface area contributed by atoms with Gasteiger partial charge in [-0.25, -0.2) is 0 Å². The summed E-state index contributed by atoms with van der Waals surface area (Å²) in [4.78, 5) is 0. The fourth-order valence-corrected chi connectivity index (χ4v) is 3.80. The van der Waals surface area contributed by atoms with Gasteiger partial charge in [-0.05, 0) is 38.6 Å². The van der Waals surface area contributed by atoms with Crippen LogP contribution >= 0.6 is 0 Å². The summed E-state index contributed by atoms with van der Waals surface area (Å²) in [7, 11) is 0. The molecule has 1 heterocycles. The highest BCUT2D eigenvalue weighted by atomic mass is 15.5. The van der Waals surface area contributed by atoms with Crippen LogP contribution in [0.4, 0.5) is 0 Å². The van der Waals surface area contributed by atoms with Gasteiger partial charge >= 0.3 is 0 Å². The van der Waals surface area contributed by atoms with Crippen molar-refractivity contribution in [3.8, 4) is 11.4 Å². The molecule has 0 aliphatic heterocycles. The van der Waals surface area contributed by atoms with Crippen molar-refractivity contribution in [1.82, 2.24) is 20.6 Å². The van der Waals surface area contributed by atoms with E-state index in [1.165, 1.54) is 22.3 Å². The third kappa shape index (κ3) is 3.91. The summed E-state index contributed by atoms with van der Waals surface area (Å²) in [6.45, 7) is 0. The number of nitrogens with one attached hydrogen (secondary N) is 1. The van der Waals surface area contributed by atoms with E-state index in [0.717, 1.165) is 16.7 Å². The van der Waals surface area contributed by atoms with Crippen molar-refractivity contribution < 1.29 is 0 Å². The van der Waals surface area contributed by atoms with Crippen LogP contribution in [0.15, 0.2) is 115 Å². The van der Waals surface area contributed by atoms with Gasteiger partial charge in [0.1, 0.15) is 0 Å². The lowest BCUT2D eigenvalue weighted by Gasteiger charge is -2.18. The van der Waals surface area contributed by atoms with Crippen LogP contribution in [-0.2, 0) is 0 Å². The fraction of sp³-hybridized carbons (Fsp3) is 0. The number of rotatable bonds is 5. The molecule has 148 valence electrons. The number of benzene rings is 4. The van der Waals surface area contributed by atoms with Crippen molar-refractivity contribution in [1.29, 1.82) is 0 Å². The average Bonchev–Trinajstić information content (AvgIpc) is 3.39. The van der Waals surface area contributed by atoms with E-state index < -0.39 is 0 Å². The second-order valence-electron chi connectivity index (χ2n) is 7.16. The largest absolute Gasteiger partial charge is 0.204 e. The number of H-pyrrole nitrogens is 1. The predicted molar refractivity (Wildman–Crippen MR) is 124 cm³/mol. The molecule has 1 N–H and O–H groups in total. The Balaban J connectivity index is 1.77. The quantitative estimate of drug-likeness (QED) is 0.375. The third-order valence-electron chi connectivity index (χ3n) is 5.21. The van der Waals surface area contributed by atoms with E-state index in [9.17, 15) is 0 Å². The Morgan fingerprint density at radius 2 is 0.903 bits per heavy atom. The Morgan fingerprint density at radius 3 is 1.29 bits per heavy atom. The minimum absolute atomic E-state index is 0.586. The molecule has 0 radical (unpaired) electrons. The van der Waals surface area contributed by atoms with Gasteiger partial charge in [-0.2, -0.15) is 5.21 Å². The molecule has 0 aliphatic carbocycles. The number of nitrogens with zero attached hydrogens (tertiary/aromatic N) is 3. The minimum Gasteiger partial charge on any atom is -0.177 e. The molecule has 0 bridgehead atoms. The van der Waals surface area contributed by atoms with Crippen molar-refractivity contribution >= 4 is 11.1 Å². The summed E-state index contributed by atoms with van der Waals surface area (Å²) in [6, 6.07) is 40.0. The lowest BCUT2D eigenvalue weighted by atomic mass is 9.85. The second-order valence-corrected chi connectivity index (χ2v) is 7.16. The molecule has 1 aromatic heterocycles. The van der Waals surface area contributed by atoms with Gasteiger partial charge in [0.25, 0.3) is 0 Å². The highest BCUT2D eigenvalue weighted by Gasteiger charge is 2.16. The summed E-state index contributed by atoms with van der Waals surface area (Å²) in [5, 5.41) is 14.4. The van der Waals surface area contributed by atoms with Crippen molar-refractivity contribution in [3.63, 3.8) is 0 Å². The van der Waals surface area contributed by atoms with Crippen LogP contribution in [-0.4, -0.2) is 20.6 Å². The molecular formula is C27H20N4. The summed E-state index contributed by atoms with van der Waals surface area (Å²) < 4.78 is 0. The van der Waals surface area contributed by atoms with Crippen molar-refractivity contribution in [2.45, 2.75) is 0 Å². The van der Waals surface area contributed by atoms with Crippen LogP contribution in [0, 0.1) is 0 Å². The molecule has 0 amide bonds. The van der Waals surface area contributed by atoms with Gasteiger partial charge in [-0.1, -0.05) is 115 Å². The first-order valence-electron chi connectivity index (χ1n) is 10.1. The van der Waals surface area contributed by atoms with E-state index >= 15 is 0 Å². The monoisotopic (exact) mass is 400 g/mol. The second kappa shape index (κ2) is 8.59. The zero-order valence-electron chi connectivity index (χ0n) is 16.8. The number of tetrazole rings is 1. The predicted octanol–water partition coefficient (Wildman–Crippen LogP) is 5.87. The molecule has 0 fully saturated rings. The molecule has 5 aromatic rings. The fourth-order valence-electron chi connectivity index (χ4n) is 3.80. The van der Waals surface area contributed by atoms with Crippen molar-refractivity contribution in [2.75, 3.05) is 0 Å². The van der Waals surface area contributed by atoms with E-state index in [2.05, 4.69) is 106 Å². The molecule has 31 heavy (non-hydrogen) atoms. The lowest BCUT2D eigenvalue weighted by molar-refractivity contribution is 0.881. The van der Waals surface area contributed by atoms with Crippen LogP contribution in [0.3, 0.4) is 0 Å². The molecule has 5 rings (SSSR count). The van der Waals surface area contributed by atoms with E-state index in [1.54, 1.807) is 0 Å².